The number of carbonyl (C=O) groups is 1. The minimum absolute atomic E-state index is 0.157. The molecule has 1 N–H and O–H groups in total. The van der Waals surface area contributed by atoms with E-state index in [4.69, 9.17) is 4.74 Å². The number of allylic oxidation sites excluding steroid dienone is 2. The van der Waals surface area contributed by atoms with Gasteiger partial charge in [-0.3, -0.25) is 4.79 Å². The van der Waals surface area contributed by atoms with E-state index in [-0.39, 0.29) is 5.91 Å². The number of carbonyl (C=O) groups excluding carboxylic acids is 1. The third-order valence-corrected chi connectivity index (χ3v) is 3.45. The van der Waals surface area contributed by atoms with Crippen LogP contribution < -0.4 is 10.1 Å². The van der Waals surface area contributed by atoms with Gasteiger partial charge in [-0.1, -0.05) is 24.3 Å². The van der Waals surface area contributed by atoms with Gasteiger partial charge in [-0.05, 0) is 42.9 Å². The number of methoxy groups -OCH3 is 1. The number of ether oxygens (including phenoxy) is 1. The van der Waals surface area contributed by atoms with Crippen LogP contribution in [0.4, 0.5) is 0 Å². The molecule has 2 rings (SSSR count). The van der Waals surface area contributed by atoms with Gasteiger partial charge in [0.1, 0.15) is 5.75 Å². The zero-order chi connectivity index (χ0) is 13.5. The van der Waals surface area contributed by atoms with Gasteiger partial charge in [-0.25, -0.2) is 0 Å². The number of hydrogen-bond acceptors (Lipinski definition) is 2. The van der Waals surface area contributed by atoms with Crippen molar-refractivity contribution >= 4 is 5.91 Å². The van der Waals surface area contributed by atoms with Gasteiger partial charge >= 0.3 is 0 Å². The van der Waals surface area contributed by atoms with E-state index in [2.05, 4.69) is 17.5 Å². The Morgan fingerprint density at radius 3 is 2.79 bits per heavy atom. The van der Waals surface area contributed by atoms with Crippen molar-refractivity contribution in [1.29, 1.82) is 0 Å². The van der Waals surface area contributed by atoms with Crippen LogP contribution in [0, 0.1) is 5.92 Å². The van der Waals surface area contributed by atoms with E-state index in [1.807, 2.05) is 24.3 Å². The van der Waals surface area contributed by atoms with E-state index in [1.54, 1.807) is 7.11 Å². The number of rotatable bonds is 6. The van der Waals surface area contributed by atoms with Gasteiger partial charge in [0.25, 0.3) is 0 Å². The van der Waals surface area contributed by atoms with Crippen LogP contribution in [0.1, 0.15) is 24.8 Å². The largest absolute Gasteiger partial charge is 0.497 e. The smallest absolute Gasteiger partial charge is 0.220 e. The number of benzene rings is 1. The summed E-state index contributed by atoms with van der Waals surface area (Å²) in [5.41, 5.74) is 1.21. The van der Waals surface area contributed by atoms with E-state index in [9.17, 15) is 4.79 Å². The molecule has 0 spiro atoms. The molecule has 3 heteroatoms. The first-order valence-electron chi connectivity index (χ1n) is 6.84. The molecule has 1 aromatic carbocycles. The maximum Gasteiger partial charge on any atom is 0.220 e. The van der Waals surface area contributed by atoms with Crippen molar-refractivity contribution in [2.45, 2.75) is 25.7 Å². The molecular weight excluding hydrogens is 238 g/mol. The molecule has 1 aliphatic rings. The van der Waals surface area contributed by atoms with Crippen molar-refractivity contribution in [3.63, 3.8) is 0 Å². The van der Waals surface area contributed by atoms with Gasteiger partial charge in [-0.15, -0.1) is 0 Å². The summed E-state index contributed by atoms with van der Waals surface area (Å²) in [6, 6.07) is 7.95. The Morgan fingerprint density at radius 2 is 2.16 bits per heavy atom. The summed E-state index contributed by atoms with van der Waals surface area (Å²) in [5, 5.41) is 2.98. The lowest BCUT2D eigenvalue weighted by Crippen LogP contribution is -2.26. The summed E-state index contributed by atoms with van der Waals surface area (Å²) < 4.78 is 5.11. The monoisotopic (exact) mass is 259 g/mol. The molecule has 0 fully saturated rings. The third kappa shape index (κ3) is 4.43. The molecule has 1 aliphatic carbocycles. The van der Waals surface area contributed by atoms with Crippen LogP contribution in [0.5, 0.6) is 5.75 Å². The van der Waals surface area contributed by atoms with Crippen LogP contribution in [0.3, 0.4) is 0 Å². The molecule has 0 heterocycles. The Bertz CT molecular complexity index is 437. The van der Waals surface area contributed by atoms with Gasteiger partial charge in [0.2, 0.25) is 5.91 Å². The van der Waals surface area contributed by atoms with Crippen molar-refractivity contribution in [1.82, 2.24) is 5.32 Å². The Morgan fingerprint density at radius 1 is 1.37 bits per heavy atom. The molecule has 1 amide bonds. The number of nitrogens with one attached hydrogen (secondary N) is 1. The first kappa shape index (κ1) is 13.7. The Balaban J connectivity index is 1.67. The van der Waals surface area contributed by atoms with Crippen molar-refractivity contribution in [3.05, 3.63) is 42.0 Å². The SMILES string of the molecule is COc1ccc(CCNC(=O)CC2C=CCC2)cc1. The lowest BCUT2D eigenvalue weighted by Gasteiger charge is -2.09. The summed E-state index contributed by atoms with van der Waals surface area (Å²) in [5.74, 6) is 1.46. The van der Waals surface area contributed by atoms with Crippen LogP contribution in [0.2, 0.25) is 0 Å². The second-order valence-electron chi connectivity index (χ2n) is 4.92. The van der Waals surface area contributed by atoms with Crippen molar-refractivity contribution in [2.75, 3.05) is 13.7 Å². The van der Waals surface area contributed by atoms with Crippen LogP contribution in [0.15, 0.2) is 36.4 Å². The van der Waals surface area contributed by atoms with E-state index in [0.717, 1.165) is 25.0 Å². The second-order valence-corrected chi connectivity index (χ2v) is 4.92. The maximum absolute atomic E-state index is 11.7. The van der Waals surface area contributed by atoms with Crippen molar-refractivity contribution in [2.24, 2.45) is 5.92 Å². The van der Waals surface area contributed by atoms with Crippen LogP contribution in [-0.2, 0) is 11.2 Å². The Kier molecular flexibility index (Phi) is 5.01. The molecule has 3 nitrogen and oxygen atoms in total. The van der Waals surface area contributed by atoms with E-state index in [1.165, 1.54) is 5.56 Å². The highest BCUT2D eigenvalue weighted by atomic mass is 16.5. The third-order valence-electron chi connectivity index (χ3n) is 3.45. The molecule has 0 saturated carbocycles. The fourth-order valence-electron chi connectivity index (χ4n) is 2.31. The summed E-state index contributed by atoms with van der Waals surface area (Å²) >= 11 is 0. The van der Waals surface area contributed by atoms with Gasteiger partial charge < -0.3 is 10.1 Å². The molecule has 0 saturated heterocycles. The van der Waals surface area contributed by atoms with E-state index in [0.29, 0.717) is 18.9 Å². The van der Waals surface area contributed by atoms with Gasteiger partial charge in [-0.2, -0.15) is 0 Å². The van der Waals surface area contributed by atoms with Crippen molar-refractivity contribution < 1.29 is 9.53 Å². The normalized spacial score (nSPS) is 17.4. The highest BCUT2D eigenvalue weighted by Gasteiger charge is 2.13. The number of hydrogen-bond donors (Lipinski definition) is 1. The molecule has 0 radical (unpaired) electrons. The average molecular weight is 259 g/mol. The zero-order valence-electron chi connectivity index (χ0n) is 11.4. The van der Waals surface area contributed by atoms with Crippen LogP contribution in [0.25, 0.3) is 0 Å². The Hall–Kier alpha value is -1.77. The highest BCUT2D eigenvalue weighted by Crippen LogP contribution is 2.19. The summed E-state index contributed by atoms with van der Waals surface area (Å²) in [6.45, 7) is 0.696. The minimum atomic E-state index is 0.157. The molecule has 1 atom stereocenters. The standard InChI is InChI=1S/C16H21NO2/c1-19-15-8-6-13(7-9-15)10-11-17-16(18)12-14-4-2-3-5-14/h2,4,6-9,14H,3,5,10-12H2,1H3,(H,17,18). The summed E-state index contributed by atoms with van der Waals surface area (Å²) in [4.78, 5) is 11.7. The van der Waals surface area contributed by atoms with Crippen LogP contribution in [-0.4, -0.2) is 19.6 Å². The molecular formula is C16H21NO2. The first-order valence-corrected chi connectivity index (χ1v) is 6.84. The fraction of sp³-hybridized carbons (Fsp3) is 0.438. The maximum atomic E-state index is 11.7. The molecule has 1 unspecified atom stereocenters. The average Bonchev–Trinajstić information content (AvgIpc) is 2.92. The van der Waals surface area contributed by atoms with Gasteiger partial charge in [0.15, 0.2) is 0 Å². The molecule has 19 heavy (non-hydrogen) atoms. The van der Waals surface area contributed by atoms with E-state index >= 15 is 0 Å². The lowest BCUT2D eigenvalue weighted by molar-refractivity contribution is -0.121. The quantitative estimate of drug-likeness (QED) is 0.798. The van der Waals surface area contributed by atoms with Gasteiger partial charge in [0, 0.05) is 13.0 Å². The molecule has 102 valence electrons. The van der Waals surface area contributed by atoms with Gasteiger partial charge in [0.05, 0.1) is 7.11 Å². The Labute approximate surface area is 114 Å². The van der Waals surface area contributed by atoms with E-state index < -0.39 is 0 Å². The topological polar surface area (TPSA) is 38.3 Å². The minimum Gasteiger partial charge on any atom is -0.497 e. The highest BCUT2D eigenvalue weighted by molar-refractivity contribution is 5.76. The van der Waals surface area contributed by atoms with Crippen LogP contribution >= 0.6 is 0 Å². The van der Waals surface area contributed by atoms with Crippen molar-refractivity contribution in [3.8, 4) is 5.75 Å². The lowest BCUT2D eigenvalue weighted by atomic mass is 10.1. The zero-order valence-corrected chi connectivity index (χ0v) is 11.4. The first-order chi connectivity index (χ1) is 9.28. The second kappa shape index (κ2) is 6.98. The predicted octanol–water partition coefficient (Wildman–Crippen LogP) is 2.71. The molecule has 1 aromatic rings. The molecule has 0 aliphatic heterocycles. The fourth-order valence-corrected chi connectivity index (χ4v) is 2.31. The molecule has 0 aromatic heterocycles. The predicted molar refractivity (Wildman–Crippen MR) is 76.2 cm³/mol. The number of amides is 1. The summed E-state index contributed by atoms with van der Waals surface area (Å²) in [6.07, 6.45) is 8.03. The summed E-state index contributed by atoms with van der Waals surface area (Å²) in [7, 11) is 1.66. The molecule has 0 bridgehead atoms.